The Labute approximate surface area is 124 Å². The summed E-state index contributed by atoms with van der Waals surface area (Å²) in [4.78, 5) is 27.2. The molecule has 0 fully saturated rings. The van der Waals surface area contributed by atoms with Gasteiger partial charge in [0.15, 0.2) is 0 Å². The number of hydrogen-bond donors (Lipinski definition) is 1. The number of aromatic nitrogens is 2. The molecule has 1 heterocycles. The van der Waals surface area contributed by atoms with Crippen molar-refractivity contribution in [2.24, 2.45) is 0 Å². The molecular weight excluding hydrogens is 324 g/mol. The van der Waals surface area contributed by atoms with E-state index in [-0.39, 0.29) is 11.3 Å². The first-order valence-electron chi connectivity index (χ1n) is 6.05. The van der Waals surface area contributed by atoms with E-state index >= 15 is 0 Å². The molecule has 104 valence electrons. The second kappa shape index (κ2) is 5.58. The molecule has 0 aliphatic rings. The minimum Gasteiger partial charge on any atom is -0.478 e. The molecular formula is C14H13BrN2O3. The predicted molar refractivity (Wildman–Crippen MR) is 79.0 cm³/mol. The second-order valence-corrected chi connectivity index (χ2v) is 5.25. The Morgan fingerprint density at radius 1 is 1.45 bits per heavy atom. The number of halogens is 1. The zero-order valence-corrected chi connectivity index (χ0v) is 12.6. The van der Waals surface area contributed by atoms with Crippen LogP contribution in [0.15, 0.2) is 33.7 Å². The molecule has 6 heteroatoms. The molecule has 1 aromatic heterocycles. The van der Waals surface area contributed by atoms with E-state index in [2.05, 4.69) is 20.9 Å². The lowest BCUT2D eigenvalue weighted by Crippen LogP contribution is -2.24. The summed E-state index contributed by atoms with van der Waals surface area (Å²) in [7, 11) is 0. The average Bonchev–Trinajstić information content (AvgIpc) is 2.41. The van der Waals surface area contributed by atoms with Crippen LogP contribution in [0.1, 0.15) is 22.8 Å². The number of benzene rings is 1. The first-order valence-corrected chi connectivity index (χ1v) is 6.84. The molecule has 0 saturated heterocycles. The maximum absolute atomic E-state index is 11.9. The molecule has 0 amide bonds. The molecule has 0 atom stereocenters. The fourth-order valence-electron chi connectivity index (χ4n) is 1.93. The molecule has 5 nitrogen and oxygen atoms in total. The molecule has 2 aromatic rings. The van der Waals surface area contributed by atoms with Gasteiger partial charge in [-0.25, -0.2) is 9.59 Å². The predicted octanol–water partition coefficient (Wildman–Crippen LogP) is 2.70. The quantitative estimate of drug-likeness (QED) is 0.935. The van der Waals surface area contributed by atoms with Crippen molar-refractivity contribution in [2.45, 2.75) is 20.4 Å². The zero-order chi connectivity index (χ0) is 14.9. The monoisotopic (exact) mass is 336 g/mol. The standard InChI is InChI=1S/C14H13BrN2O3/c1-3-17-7-11(13(18)19)12(16-14(17)20)10-6-9(15)5-4-8(10)2/h4-7H,3H2,1-2H3,(H,18,19). The summed E-state index contributed by atoms with van der Waals surface area (Å²) in [5.74, 6) is -1.10. The number of rotatable bonds is 3. The number of hydrogen-bond acceptors (Lipinski definition) is 3. The van der Waals surface area contributed by atoms with E-state index in [0.717, 1.165) is 10.0 Å². The summed E-state index contributed by atoms with van der Waals surface area (Å²) in [6.07, 6.45) is 1.34. The molecule has 2 rings (SSSR count). The molecule has 20 heavy (non-hydrogen) atoms. The third-order valence-corrected chi connectivity index (χ3v) is 3.51. The summed E-state index contributed by atoms with van der Waals surface area (Å²) in [5, 5.41) is 9.33. The lowest BCUT2D eigenvalue weighted by molar-refractivity contribution is 0.0696. The number of aryl methyl sites for hydroxylation is 2. The summed E-state index contributed by atoms with van der Waals surface area (Å²) >= 11 is 3.34. The highest BCUT2D eigenvalue weighted by molar-refractivity contribution is 9.10. The van der Waals surface area contributed by atoms with Crippen molar-refractivity contribution in [3.8, 4) is 11.3 Å². The molecule has 0 spiro atoms. The van der Waals surface area contributed by atoms with E-state index in [1.807, 2.05) is 19.1 Å². The third-order valence-electron chi connectivity index (χ3n) is 3.02. The normalized spacial score (nSPS) is 10.6. The fourth-order valence-corrected chi connectivity index (χ4v) is 2.29. The van der Waals surface area contributed by atoms with Crippen molar-refractivity contribution in [1.82, 2.24) is 9.55 Å². The molecule has 1 N–H and O–H groups in total. The molecule has 0 unspecified atom stereocenters. The molecule has 0 radical (unpaired) electrons. The van der Waals surface area contributed by atoms with Crippen molar-refractivity contribution in [3.63, 3.8) is 0 Å². The van der Waals surface area contributed by atoms with Crippen LogP contribution in [-0.2, 0) is 6.54 Å². The molecule has 0 aliphatic heterocycles. The van der Waals surface area contributed by atoms with Crippen LogP contribution in [0, 0.1) is 6.92 Å². The van der Waals surface area contributed by atoms with Crippen LogP contribution in [-0.4, -0.2) is 20.6 Å². The number of carboxylic acids is 1. The van der Waals surface area contributed by atoms with Crippen LogP contribution in [0.3, 0.4) is 0 Å². The van der Waals surface area contributed by atoms with Crippen LogP contribution < -0.4 is 5.69 Å². The molecule has 1 aromatic carbocycles. The van der Waals surface area contributed by atoms with Gasteiger partial charge < -0.3 is 5.11 Å². The van der Waals surface area contributed by atoms with Gasteiger partial charge in [-0.1, -0.05) is 22.0 Å². The maximum atomic E-state index is 11.9. The Morgan fingerprint density at radius 3 is 2.75 bits per heavy atom. The Bertz CT molecular complexity index is 738. The van der Waals surface area contributed by atoms with Gasteiger partial charge >= 0.3 is 11.7 Å². The van der Waals surface area contributed by atoms with Crippen molar-refractivity contribution in [2.75, 3.05) is 0 Å². The number of nitrogens with zero attached hydrogens (tertiary/aromatic N) is 2. The molecule has 0 bridgehead atoms. The highest BCUT2D eigenvalue weighted by atomic mass is 79.9. The van der Waals surface area contributed by atoms with Crippen LogP contribution >= 0.6 is 15.9 Å². The zero-order valence-electron chi connectivity index (χ0n) is 11.1. The average molecular weight is 337 g/mol. The van der Waals surface area contributed by atoms with Crippen LogP contribution in [0.2, 0.25) is 0 Å². The summed E-state index contributed by atoms with van der Waals surface area (Å²) in [6, 6.07) is 5.46. The van der Waals surface area contributed by atoms with Gasteiger partial charge in [-0.2, -0.15) is 4.98 Å². The number of carboxylic acid groups (broad SMARTS) is 1. The summed E-state index contributed by atoms with van der Waals surface area (Å²) < 4.78 is 2.08. The van der Waals surface area contributed by atoms with Gasteiger partial charge in [-0.05, 0) is 31.5 Å². The van der Waals surface area contributed by atoms with E-state index in [9.17, 15) is 14.7 Å². The van der Waals surface area contributed by atoms with Crippen molar-refractivity contribution in [1.29, 1.82) is 0 Å². The molecule has 0 aliphatic carbocycles. The topological polar surface area (TPSA) is 72.2 Å². The SMILES string of the molecule is CCn1cc(C(=O)O)c(-c2cc(Br)ccc2C)nc1=O. The van der Waals surface area contributed by atoms with Crippen LogP contribution in [0.4, 0.5) is 0 Å². The molecule has 0 saturated carbocycles. The van der Waals surface area contributed by atoms with Gasteiger partial charge in [-0.15, -0.1) is 0 Å². The maximum Gasteiger partial charge on any atom is 0.348 e. The lowest BCUT2D eigenvalue weighted by atomic mass is 10.0. The highest BCUT2D eigenvalue weighted by Crippen LogP contribution is 2.27. The minimum absolute atomic E-state index is 0.0210. The Morgan fingerprint density at radius 2 is 2.15 bits per heavy atom. The Kier molecular flexibility index (Phi) is 4.04. The smallest absolute Gasteiger partial charge is 0.348 e. The first kappa shape index (κ1) is 14.5. The van der Waals surface area contributed by atoms with E-state index in [4.69, 9.17) is 0 Å². The van der Waals surface area contributed by atoms with Crippen molar-refractivity contribution in [3.05, 3.63) is 50.5 Å². The Balaban J connectivity index is 2.79. The third kappa shape index (κ3) is 2.65. The van der Waals surface area contributed by atoms with Crippen molar-refractivity contribution < 1.29 is 9.90 Å². The van der Waals surface area contributed by atoms with E-state index < -0.39 is 11.7 Å². The van der Waals surface area contributed by atoms with Gasteiger partial charge in [-0.3, -0.25) is 4.57 Å². The largest absolute Gasteiger partial charge is 0.478 e. The van der Waals surface area contributed by atoms with Crippen LogP contribution in [0.5, 0.6) is 0 Å². The Hall–Kier alpha value is -1.95. The van der Waals surface area contributed by atoms with Gasteiger partial charge in [0, 0.05) is 22.8 Å². The van der Waals surface area contributed by atoms with Crippen LogP contribution in [0.25, 0.3) is 11.3 Å². The van der Waals surface area contributed by atoms with E-state index in [1.54, 1.807) is 13.0 Å². The van der Waals surface area contributed by atoms with Gasteiger partial charge in [0.25, 0.3) is 0 Å². The lowest BCUT2D eigenvalue weighted by Gasteiger charge is -2.11. The number of carbonyl (C=O) groups is 1. The van der Waals surface area contributed by atoms with E-state index in [1.165, 1.54) is 10.8 Å². The van der Waals surface area contributed by atoms with Crippen molar-refractivity contribution >= 4 is 21.9 Å². The van der Waals surface area contributed by atoms with E-state index in [0.29, 0.717) is 12.1 Å². The highest BCUT2D eigenvalue weighted by Gasteiger charge is 2.17. The van der Waals surface area contributed by atoms with Gasteiger partial charge in [0.1, 0.15) is 5.56 Å². The summed E-state index contributed by atoms with van der Waals surface area (Å²) in [6.45, 7) is 3.99. The van der Waals surface area contributed by atoms with Gasteiger partial charge in [0.2, 0.25) is 0 Å². The first-order chi connectivity index (χ1) is 9.43. The second-order valence-electron chi connectivity index (χ2n) is 4.34. The minimum atomic E-state index is -1.10. The summed E-state index contributed by atoms with van der Waals surface area (Å²) in [5.41, 5.74) is 1.26. The number of aromatic carboxylic acids is 1. The fraction of sp³-hybridized carbons (Fsp3) is 0.214. The van der Waals surface area contributed by atoms with Gasteiger partial charge in [0.05, 0.1) is 5.69 Å².